The number of amides is 1. The molecular weight excluding hydrogens is 578 g/mol. The second-order valence-corrected chi connectivity index (χ2v) is 9.55. The lowest BCUT2D eigenvalue weighted by atomic mass is 10.0. The Morgan fingerprint density at radius 1 is 1.10 bits per heavy atom. The Labute approximate surface area is 238 Å². The smallest absolute Gasteiger partial charge is 0.396 e. The van der Waals surface area contributed by atoms with Crippen molar-refractivity contribution in [2.45, 2.75) is 25.7 Å². The zero-order chi connectivity index (χ0) is 30.3. The van der Waals surface area contributed by atoms with Crippen LogP contribution in [0.4, 0.5) is 36.3 Å². The lowest BCUT2D eigenvalue weighted by molar-refractivity contribution is -0.137. The minimum Gasteiger partial charge on any atom is -0.396 e. The fraction of sp³-hybridized carbons (Fsp3) is 0.231. The number of aliphatic hydroxyl groups is 1. The van der Waals surface area contributed by atoms with Crippen LogP contribution in [0, 0.1) is 0 Å². The zero-order valence-corrected chi connectivity index (χ0v) is 23.0. The SMILES string of the molecule is CNC(=O)c1cc(-c2cnn(CCCO)c2)ccc1Nc1nc(Nc2ccc(CO[P+](=O)O)cc2)ncc1C(F)(F)F. The van der Waals surface area contributed by atoms with Crippen molar-refractivity contribution in [3.05, 3.63) is 77.7 Å². The number of aromatic nitrogens is 4. The zero-order valence-electron chi connectivity index (χ0n) is 22.1. The van der Waals surface area contributed by atoms with Gasteiger partial charge in [-0.25, -0.2) is 4.98 Å². The van der Waals surface area contributed by atoms with Crippen molar-refractivity contribution >= 4 is 37.3 Å². The number of hydrogen-bond donors (Lipinski definition) is 5. The number of halogens is 3. The number of nitrogens with one attached hydrogen (secondary N) is 3. The minimum atomic E-state index is -4.80. The van der Waals surface area contributed by atoms with Gasteiger partial charge in [0.2, 0.25) is 5.95 Å². The van der Waals surface area contributed by atoms with E-state index in [1.807, 2.05) is 0 Å². The summed E-state index contributed by atoms with van der Waals surface area (Å²) in [5.74, 6) is -1.27. The van der Waals surface area contributed by atoms with Crippen molar-refractivity contribution in [2.75, 3.05) is 24.3 Å². The van der Waals surface area contributed by atoms with Gasteiger partial charge in [-0.05, 0) is 41.8 Å². The third kappa shape index (κ3) is 7.85. The van der Waals surface area contributed by atoms with Crippen LogP contribution >= 0.6 is 8.25 Å². The maximum absolute atomic E-state index is 13.9. The molecule has 0 radical (unpaired) electrons. The predicted octanol–water partition coefficient (Wildman–Crippen LogP) is 4.75. The normalized spacial score (nSPS) is 11.7. The van der Waals surface area contributed by atoms with E-state index in [0.717, 1.165) is 0 Å². The number of aliphatic hydroxyl groups excluding tert-OH is 1. The first-order valence-electron chi connectivity index (χ1n) is 12.4. The number of rotatable bonds is 12. The maximum atomic E-state index is 13.9. The Morgan fingerprint density at radius 2 is 1.86 bits per heavy atom. The Kier molecular flexibility index (Phi) is 9.80. The largest absolute Gasteiger partial charge is 0.695 e. The third-order valence-electron chi connectivity index (χ3n) is 5.90. The van der Waals surface area contributed by atoms with Gasteiger partial charge in [0.25, 0.3) is 5.91 Å². The van der Waals surface area contributed by atoms with Crippen molar-refractivity contribution in [2.24, 2.45) is 0 Å². The van der Waals surface area contributed by atoms with E-state index in [-0.39, 0.29) is 30.4 Å². The minimum absolute atomic E-state index is 0.00804. The van der Waals surface area contributed by atoms with Crippen LogP contribution in [-0.2, 0) is 28.4 Å². The van der Waals surface area contributed by atoms with Crippen LogP contribution in [0.25, 0.3) is 11.1 Å². The van der Waals surface area contributed by atoms with Crippen LogP contribution in [0.1, 0.15) is 27.9 Å². The van der Waals surface area contributed by atoms with Crippen LogP contribution in [0.15, 0.2) is 61.1 Å². The van der Waals surface area contributed by atoms with Gasteiger partial charge in [-0.1, -0.05) is 18.2 Å². The number of benzene rings is 2. The monoisotopic (exact) mass is 604 g/mol. The molecule has 4 rings (SSSR count). The molecule has 0 aliphatic heterocycles. The first-order chi connectivity index (χ1) is 20.1. The van der Waals surface area contributed by atoms with Gasteiger partial charge in [-0.3, -0.25) is 9.48 Å². The van der Waals surface area contributed by atoms with Gasteiger partial charge in [0, 0.05) is 48.4 Å². The molecule has 16 heteroatoms. The van der Waals surface area contributed by atoms with Crippen LogP contribution in [0.5, 0.6) is 0 Å². The average Bonchev–Trinajstić information content (AvgIpc) is 3.44. The molecule has 0 spiro atoms. The molecule has 0 saturated carbocycles. The number of nitrogens with zero attached hydrogens (tertiary/aromatic N) is 4. The van der Waals surface area contributed by atoms with Gasteiger partial charge in [-0.15, -0.1) is 9.42 Å². The molecule has 42 heavy (non-hydrogen) atoms. The first-order valence-corrected chi connectivity index (χ1v) is 13.6. The molecule has 1 amide bonds. The molecule has 0 saturated heterocycles. The van der Waals surface area contributed by atoms with Crippen molar-refractivity contribution in [1.82, 2.24) is 25.1 Å². The fourth-order valence-corrected chi connectivity index (χ4v) is 4.10. The summed E-state index contributed by atoms with van der Waals surface area (Å²) in [6, 6.07) is 11.0. The number of anilines is 4. The topological polar surface area (TPSA) is 164 Å². The van der Waals surface area contributed by atoms with E-state index < -0.39 is 31.7 Å². The summed E-state index contributed by atoms with van der Waals surface area (Å²) in [6.45, 7) is 0.400. The lowest BCUT2D eigenvalue weighted by Gasteiger charge is -2.17. The highest BCUT2D eigenvalue weighted by atomic mass is 31.1. The standard InChI is InChI=1S/C26H25F3N7O5P/c1-30-24(38)20-11-17(18-12-32-36(14-18)9-2-10-37)5-8-22(20)34-23-21(26(27,28)29)13-31-25(35-23)33-19-6-3-16(4-7-19)15-41-42(39)40/h3-8,11-14,37H,2,9-10,15H2,1H3,(H3-,30,31,33,34,35,38,39,40)/p+1. The van der Waals surface area contributed by atoms with Crippen LogP contribution < -0.4 is 16.0 Å². The molecule has 2 aromatic carbocycles. The van der Waals surface area contributed by atoms with Crippen molar-refractivity contribution < 1.29 is 37.1 Å². The van der Waals surface area contributed by atoms with Gasteiger partial charge in [0.05, 0.1) is 17.4 Å². The van der Waals surface area contributed by atoms with Crippen molar-refractivity contribution in [3.63, 3.8) is 0 Å². The fourth-order valence-electron chi connectivity index (χ4n) is 3.84. The van der Waals surface area contributed by atoms with Gasteiger partial charge < -0.3 is 21.1 Å². The average molecular weight is 605 g/mol. The summed E-state index contributed by atoms with van der Waals surface area (Å²) in [4.78, 5) is 29.3. The van der Waals surface area contributed by atoms with E-state index in [0.29, 0.717) is 41.5 Å². The highest BCUT2D eigenvalue weighted by Crippen LogP contribution is 2.36. The van der Waals surface area contributed by atoms with Gasteiger partial charge in [0.1, 0.15) is 18.0 Å². The van der Waals surface area contributed by atoms with E-state index >= 15 is 0 Å². The van der Waals surface area contributed by atoms with Crippen LogP contribution in [-0.4, -0.2) is 49.3 Å². The molecule has 220 valence electrons. The van der Waals surface area contributed by atoms with E-state index in [2.05, 4.69) is 35.5 Å². The summed E-state index contributed by atoms with van der Waals surface area (Å²) in [6.07, 6.45) is -0.327. The molecule has 0 aliphatic carbocycles. The molecule has 0 aliphatic rings. The van der Waals surface area contributed by atoms with E-state index in [1.54, 1.807) is 47.4 Å². The first kappa shape index (κ1) is 30.5. The Bertz CT molecular complexity index is 1560. The molecule has 0 bridgehead atoms. The van der Waals surface area contributed by atoms with E-state index in [4.69, 9.17) is 10.00 Å². The molecule has 1 atom stereocenters. The van der Waals surface area contributed by atoms with E-state index in [1.165, 1.54) is 19.2 Å². The lowest BCUT2D eigenvalue weighted by Crippen LogP contribution is -2.20. The summed E-state index contributed by atoms with van der Waals surface area (Å²) in [5.41, 5.74) is 1.32. The van der Waals surface area contributed by atoms with Crippen molar-refractivity contribution in [1.29, 1.82) is 0 Å². The number of aryl methyl sites for hydroxylation is 1. The third-order valence-corrected chi connectivity index (χ3v) is 6.25. The summed E-state index contributed by atoms with van der Waals surface area (Å²) < 4.78 is 58.7. The van der Waals surface area contributed by atoms with Crippen LogP contribution in [0.3, 0.4) is 0 Å². The van der Waals surface area contributed by atoms with Gasteiger partial charge >= 0.3 is 14.4 Å². The second-order valence-electron chi connectivity index (χ2n) is 8.82. The van der Waals surface area contributed by atoms with E-state index in [9.17, 15) is 22.5 Å². The molecule has 2 heterocycles. The number of carbonyl (C=O) groups excluding carboxylic acids is 1. The second kappa shape index (κ2) is 13.5. The van der Waals surface area contributed by atoms with Crippen LogP contribution in [0.2, 0.25) is 0 Å². The Hall–Kier alpha value is -4.43. The molecule has 1 unspecified atom stereocenters. The molecule has 12 nitrogen and oxygen atoms in total. The number of alkyl halides is 3. The molecular formula is C26H26F3N7O5P+. The summed E-state index contributed by atoms with van der Waals surface area (Å²) >= 11 is 0. The highest BCUT2D eigenvalue weighted by Gasteiger charge is 2.35. The van der Waals surface area contributed by atoms with Gasteiger partial charge in [-0.2, -0.15) is 23.3 Å². The predicted molar refractivity (Wildman–Crippen MR) is 147 cm³/mol. The maximum Gasteiger partial charge on any atom is 0.695 e. The molecule has 5 N–H and O–H groups in total. The summed E-state index contributed by atoms with van der Waals surface area (Å²) in [5, 5.41) is 21.2. The van der Waals surface area contributed by atoms with Crippen molar-refractivity contribution in [3.8, 4) is 11.1 Å². The molecule has 4 aromatic rings. The number of carbonyl (C=O) groups is 1. The summed E-state index contributed by atoms with van der Waals surface area (Å²) in [7, 11) is -1.35. The van der Waals surface area contributed by atoms with Gasteiger partial charge in [0.15, 0.2) is 0 Å². The Balaban J connectivity index is 1.63. The highest BCUT2D eigenvalue weighted by molar-refractivity contribution is 7.32. The number of hydrogen-bond acceptors (Lipinski definition) is 9. The Morgan fingerprint density at radius 3 is 2.52 bits per heavy atom. The molecule has 2 aromatic heterocycles. The quantitative estimate of drug-likeness (QED) is 0.143. The molecule has 0 fully saturated rings.